The largest absolute Gasteiger partial charge is 0.144 e. The second kappa shape index (κ2) is 5.16. The van der Waals surface area contributed by atoms with E-state index in [0.29, 0.717) is 5.92 Å². The van der Waals surface area contributed by atoms with Crippen LogP contribution in [0.1, 0.15) is 39.2 Å². The molecular weight excluding hydrogens is 188 g/mol. The van der Waals surface area contributed by atoms with Crippen molar-refractivity contribution in [3.63, 3.8) is 0 Å². The third-order valence-corrected chi connectivity index (χ3v) is 3.03. The zero-order valence-electron chi connectivity index (χ0n) is 9.37. The van der Waals surface area contributed by atoms with Crippen molar-refractivity contribution < 1.29 is 0 Å². The Kier molecular flexibility index (Phi) is 4.15. The monoisotopic (exact) mass is 206 g/mol. The minimum Gasteiger partial charge on any atom is -0.144 e. The van der Waals surface area contributed by atoms with E-state index in [2.05, 4.69) is 43.5 Å². The van der Waals surface area contributed by atoms with Crippen molar-refractivity contribution >= 4 is 21.4 Å². The Bertz CT molecular complexity index is 385. The van der Waals surface area contributed by atoms with Crippen molar-refractivity contribution in [1.29, 1.82) is 0 Å². The lowest BCUT2D eigenvalue weighted by Gasteiger charge is -2.05. The van der Waals surface area contributed by atoms with E-state index >= 15 is 0 Å². The number of benzene rings is 1. The summed E-state index contributed by atoms with van der Waals surface area (Å²) in [7, 11) is 0. The van der Waals surface area contributed by atoms with Gasteiger partial charge >= 0.3 is 0 Å². The molecule has 0 saturated carbocycles. The van der Waals surface area contributed by atoms with Gasteiger partial charge in [0.2, 0.25) is 0 Å². The van der Waals surface area contributed by atoms with E-state index in [4.69, 9.17) is 0 Å². The number of thiophene rings is 1. The summed E-state index contributed by atoms with van der Waals surface area (Å²) in [5, 5.41) is 3.59. The van der Waals surface area contributed by atoms with Gasteiger partial charge in [0.15, 0.2) is 0 Å². The minimum absolute atomic E-state index is 0.628. The summed E-state index contributed by atoms with van der Waals surface area (Å²) >= 11 is 1.82. The summed E-state index contributed by atoms with van der Waals surface area (Å²) in [6.45, 7) is 8.48. The Morgan fingerprint density at radius 1 is 1.07 bits per heavy atom. The smallest absolute Gasteiger partial charge is 0.0345 e. The zero-order valence-corrected chi connectivity index (χ0v) is 10.2. The molecule has 0 aliphatic rings. The van der Waals surface area contributed by atoms with Crippen LogP contribution < -0.4 is 0 Å². The topological polar surface area (TPSA) is 0 Å². The lowest BCUT2D eigenvalue weighted by Crippen LogP contribution is -1.85. The van der Waals surface area contributed by atoms with Gasteiger partial charge in [0.25, 0.3) is 0 Å². The molecule has 0 aliphatic carbocycles. The zero-order chi connectivity index (χ0) is 10.6. The molecule has 76 valence electrons. The average molecular weight is 206 g/mol. The summed E-state index contributed by atoms with van der Waals surface area (Å²) in [4.78, 5) is 0. The Labute approximate surface area is 90.6 Å². The summed E-state index contributed by atoms with van der Waals surface area (Å²) in [5.74, 6) is 0.628. The van der Waals surface area contributed by atoms with Crippen LogP contribution >= 0.6 is 11.3 Å². The molecule has 0 fully saturated rings. The van der Waals surface area contributed by atoms with Gasteiger partial charge in [-0.05, 0) is 34.4 Å². The molecule has 1 aromatic carbocycles. The second-order valence-electron chi connectivity index (χ2n) is 3.33. The van der Waals surface area contributed by atoms with E-state index in [1.54, 1.807) is 0 Å². The van der Waals surface area contributed by atoms with Crippen molar-refractivity contribution in [2.24, 2.45) is 0 Å². The van der Waals surface area contributed by atoms with Crippen LogP contribution in [0.2, 0.25) is 0 Å². The minimum atomic E-state index is 0.628. The quantitative estimate of drug-likeness (QED) is 0.612. The van der Waals surface area contributed by atoms with Crippen molar-refractivity contribution in [1.82, 2.24) is 0 Å². The Morgan fingerprint density at radius 2 is 1.79 bits per heavy atom. The molecule has 14 heavy (non-hydrogen) atoms. The van der Waals surface area contributed by atoms with Gasteiger partial charge in [-0.15, -0.1) is 11.3 Å². The van der Waals surface area contributed by atoms with E-state index in [9.17, 15) is 0 Å². The highest BCUT2D eigenvalue weighted by molar-refractivity contribution is 7.17. The first-order valence-electron chi connectivity index (χ1n) is 5.25. The van der Waals surface area contributed by atoms with Gasteiger partial charge in [-0.2, -0.15) is 0 Å². The van der Waals surface area contributed by atoms with E-state index in [0.717, 1.165) is 0 Å². The molecule has 2 aromatic rings. The van der Waals surface area contributed by atoms with Crippen molar-refractivity contribution in [2.45, 2.75) is 33.6 Å². The van der Waals surface area contributed by atoms with Crippen molar-refractivity contribution in [2.75, 3.05) is 0 Å². The maximum Gasteiger partial charge on any atom is 0.0345 e. The number of rotatable bonds is 1. The molecule has 0 nitrogen and oxygen atoms in total. The van der Waals surface area contributed by atoms with Crippen LogP contribution in [0.4, 0.5) is 0 Å². The van der Waals surface area contributed by atoms with Gasteiger partial charge < -0.3 is 0 Å². The first-order chi connectivity index (χ1) is 6.79. The molecule has 0 radical (unpaired) electrons. The van der Waals surface area contributed by atoms with Gasteiger partial charge in [-0.1, -0.05) is 39.8 Å². The molecule has 0 N–H and O–H groups in total. The van der Waals surface area contributed by atoms with Gasteiger partial charge in [0.05, 0.1) is 0 Å². The van der Waals surface area contributed by atoms with E-state index in [1.807, 2.05) is 25.2 Å². The van der Waals surface area contributed by atoms with Gasteiger partial charge in [0.1, 0.15) is 0 Å². The second-order valence-corrected chi connectivity index (χ2v) is 4.28. The summed E-state index contributed by atoms with van der Waals surface area (Å²) < 4.78 is 1.40. The molecule has 1 aromatic heterocycles. The lowest BCUT2D eigenvalue weighted by molar-refractivity contribution is 0.877. The molecule has 0 aliphatic heterocycles. The number of hydrogen-bond acceptors (Lipinski definition) is 1. The van der Waals surface area contributed by atoms with Crippen LogP contribution in [-0.4, -0.2) is 0 Å². The van der Waals surface area contributed by atoms with Crippen molar-refractivity contribution in [3.05, 3.63) is 35.2 Å². The van der Waals surface area contributed by atoms with Gasteiger partial charge in [-0.25, -0.2) is 0 Å². The van der Waals surface area contributed by atoms with E-state index in [1.165, 1.54) is 15.6 Å². The fraction of sp³-hybridized carbons (Fsp3) is 0.385. The fourth-order valence-corrected chi connectivity index (χ4v) is 2.34. The van der Waals surface area contributed by atoms with Crippen LogP contribution in [0.15, 0.2) is 29.6 Å². The van der Waals surface area contributed by atoms with Crippen LogP contribution in [0.3, 0.4) is 0 Å². The molecule has 0 amide bonds. The number of hydrogen-bond donors (Lipinski definition) is 0. The molecule has 0 spiro atoms. The number of fused-ring (bicyclic) bond motifs is 1. The molecule has 1 heterocycles. The third kappa shape index (κ3) is 2.16. The first-order valence-corrected chi connectivity index (χ1v) is 6.13. The molecule has 0 saturated heterocycles. The molecule has 0 atom stereocenters. The fourth-order valence-electron chi connectivity index (χ4n) is 1.52. The van der Waals surface area contributed by atoms with Crippen LogP contribution in [0, 0.1) is 0 Å². The standard InChI is InChI=1S/C11H12S.C2H6/c1-8(2)9-4-3-5-11-10(9)6-7-12-11;1-2/h3-8H,1-2H3;1-2H3. The highest BCUT2D eigenvalue weighted by atomic mass is 32.1. The van der Waals surface area contributed by atoms with Crippen LogP contribution in [-0.2, 0) is 0 Å². The Morgan fingerprint density at radius 3 is 2.43 bits per heavy atom. The highest BCUT2D eigenvalue weighted by Crippen LogP contribution is 2.28. The van der Waals surface area contributed by atoms with E-state index < -0.39 is 0 Å². The average Bonchev–Trinajstić information content (AvgIpc) is 2.67. The normalized spacial score (nSPS) is 10.1. The van der Waals surface area contributed by atoms with Crippen LogP contribution in [0.25, 0.3) is 10.1 Å². The molecule has 1 heteroatoms. The summed E-state index contributed by atoms with van der Waals surface area (Å²) in [5.41, 5.74) is 1.47. The van der Waals surface area contributed by atoms with E-state index in [-0.39, 0.29) is 0 Å². The maximum absolute atomic E-state index is 2.24. The Balaban J connectivity index is 0.000000461. The molecular formula is C13H18S. The summed E-state index contributed by atoms with van der Waals surface area (Å²) in [6.07, 6.45) is 0. The Hall–Kier alpha value is -0.820. The predicted molar refractivity (Wildman–Crippen MR) is 67.3 cm³/mol. The summed E-state index contributed by atoms with van der Waals surface area (Å²) in [6, 6.07) is 8.77. The maximum atomic E-state index is 2.24. The molecule has 0 bridgehead atoms. The van der Waals surface area contributed by atoms with Crippen LogP contribution in [0.5, 0.6) is 0 Å². The predicted octanol–water partition coefficient (Wildman–Crippen LogP) is 5.05. The van der Waals surface area contributed by atoms with Gasteiger partial charge in [-0.3, -0.25) is 0 Å². The molecule has 0 unspecified atom stereocenters. The molecule has 2 rings (SSSR count). The SMILES string of the molecule is CC.CC(C)c1cccc2sccc12. The highest BCUT2D eigenvalue weighted by Gasteiger charge is 2.04. The lowest BCUT2D eigenvalue weighted by atomic mass is 10.00. The van der Waals surface area contributed by atoms with Crippen molar-refractivity contribution in [3.8, 4) is 0 Å². The first kappa shape index (κ1) is 11.3. The van der Waals surface area contributed by atoms with Gasteiger partial charge in [0, 0.05) is 4.70 Å². The third-order valence-electron chi connectivity index (χ3n) is 2.15.